The Bertz CT molecular complexity index is 2480. The topological polar surface area (TPSA) is 151 Å². The van der Waals surface area contributed by atoms with Crippen LogP contribution in [0, 0.1) is 0 Å². The fourth-order valence-electron chi connectivity index (χ4n) is 7.52. The first-order chi connectivity index (χ1) is 29.0. The molecule has 3 N–H and O–H groups in total. The summed E-state index contributed by atoms with van der Waals surface area (Å²) in [5, 5.41) is 7.31. The van der Waals surface area contributed by atoms with E-state index in [-0.39, 0.29) is 22.6 Å². The molecule has 61 heavy (non-hydrogen) atoms. The summed E-state index contributed by atoms with van der Waals surface area (Å²) in [6.45, 7) is 15.6. The van der Waals surface area contributed by atoms with Crippen LogP contribution in [0.4, 0.5) is 21.9 Å². The molecule has 2 amide bonds. The number of piperazine rings is 1. The molecule has 0 unspecified atom stereocenters. The summed E-state index contributed by atoms with van der Waals surface area (Å²) >= 11 is 0. The van der Waals surface area contributed by atoms with Gasteiger partial charge in [-0.1, -0.05) is 51.1 Å². The number of nitrogens with zero attached hydrogens (tertiary/aromatic N) is 3. The first-order valence-corrected chi connectivity index (χ1v) is 22.5. The van der Waals surface area contributed by atoms with Crippen molar-refractivity contribution >= 4 is 49.7 Å². The quantitative estimate of drug-likeness (QED) is 0.0821. The highest BCUT2D eigenvalue weighted by atomic mass is 32.2. The predicted octanol–water partition coefficient (Wildman–Crippen LogP) is 8.94. The zero-order valence-corrected chi connectivity index (χ0v) is 37.2. The molecule has 1 aromatic heterocycles. The van der Waals surface area contributed by atoms with E-state index >= 15 is 0 Å². The van der Waals surface area contributed by atoms with Crippen molar-refractivity contribution < 1.29 is 32.2 Å². The van der Waals surface area contributed by atoms with Gasteiger partial charge in [0, 0.05) is 73.8 Å². The number of anilines is 3. The first-order valence-electron chi connectivity index (χ1n) is 20.6. The van der Waals surface area contributed by atoms with Crippen LogP contribution in [-0.2, 0) is 21.9 Å². The first kappa shape index (κ1) is 44.8. The second-order valence-corrected chi connectivity index (χ2v) is 18.5. The van der Waals surface area contributed by atoms with Gasteiger partial charge in [-0.3, -0.25) is 19.4 Å². The summed E-state index contributed by atoms with van der Waals surface area (Å²) in [7, 11) is -0.633. The van der Waals surface area contributed by atoms with Gasteiger partial charge < -0.3 is 29.7 Å². The molecule has 13 nitrogen and oxygen atoms in total. The molecule has 0 aliphatic carbocycles. The number of benzene rings is 4. The van der Waals surface area contributed by atoms with Crippen LogP contribution < -0.4 is 29.6 Å². The number of fused-ring (bicyclic) bond motifs is 1. The second kappa shape index (κ2) is 19.3. The van der Waals surface area contributed by atoms with Gasteiger partial charge in [0.1, 0.15) is 17.2 Å². The summed E-state index contributed by atoms with van der Waals surface area (Å²) in [5.74, 6) is 1.98. The molecule has 324 valence electrons. The number of rotatable bonds is 16. The van der Waals surface area contributed by atoms with E-state index in [9.17, 15) is 18.0 Å². The SMILES string of the molecule is COc1cc(Cc2cc(Oc3ccc(NC(=O)Nc4cc(C(C)(C)C)cc(NS(C)(=O)=O)c4OC)c4ccccc34)ccn2)ccc1C(=O)CCCN1CCN(C(C)C)CC1. The molecule has 1 aliphatic heterocycles. The van der Waals surface area contributed by atoms with E-state index in [1.54, 1.807) is 43.6 Å². The largest absolute Gasteiger partial charge is 0.496 e. The van der Waals surface area contributed by atoms with Crippen LogP contribution >= 0.6 is 0 Å². The van der Waals surface area contributed by atoms with Crippen molar-refractivity contribution in [2.45, 2.75) is 65.3 Å². The van der Waals surface area contributed by atoms with Crippen molar-refractivity contribution in [1.82, 2.24) is 14.8 Å². The molecule has 2 heterocycles. The van der Waals surface area contributed by atoms with E-state index in [1.807, 2.05) is 69.3 Å². The minimum Gasteiger partial charge on any atom is -0.496 e. The summed E-state index contributed by atoms with van der Waals surface area (Å²) < 4.78 is 44.6. The Kier molecular flexibility index (Phi) is 14.2. The van der Waals surface area contributed by atoms with Gasteiger partial charge in [-0.25, -0.2) is 13.2 Å². The number of ketones is 1. The molecule has 1 saturated heterocycles. The van der Waals surface area contributed by atoms with Crippen molar-refractivity contribution in [2.75, 3.05) is 68.6 Å². The number of amides is 2. The number of aromatic nitrogens is 1. The fourth-order valence-corrected chi connectivity index (χ4v) is 8.08. The van der Waals surface area contributed by atoms with E-state index in [1.165, 1.54) is 7.11 Å². The zero-order chi connectivity index (χ0) is 43.9. The molecule has 6 rings (SSSR count). The highest BCUT2D eigenvalue weighted by molar-refractivity contribution is 7.92. The molecule has 1 aliphatic rings. The zero-order valence-electron chi connectivity index (χ0n) is 36.4. The number of ether oxygens (including phenoxy) is 3. The Hall–Kier alpha value is -5.70. The van der Waals surface area contributed by atoms with Gasteiger partial charge in [0.15, 0.2) is 11.5 Å². The van der Waals surface area contributed by atoms with Crippen molar-refractivity contribution in [3.63, 3.8) is 0 Å². The van der Waals surface area contributed by atoms with Crippen LogP contribution in [0.15, 0.2) is 85.1 Å². The minimum absolute atomic E-state index is 0.0796. The summed E-state index contributed by atoms with van der Waals surface area (Å²) in [5.41, 5.74) is 3.80. The van der Waals surface area contributed by atoms with Gasteiger partial charge in [0.25, 0.3) is 0 Å². The average molecular weight is 851 g/mol. The average Bonchev–Trinajstić information content (AvgIpc) is 3.21. The lowest BCUT2D eigenvalue weighted by atomic mass is 9.86. The highest BCUT2D eigenvalue weighted by Crippen LogP contribution is 2.40. The molecule has 5 aromatic rings. The van der Waals surface area contributed by atoms with Crippen molar-refractivity contribution in [2.24, 2.45) is 0 Å². The molecule has 0 radical (unpaired) electrons. The lowest BCUT2D eigenvalue weighted by Crippen LogP contribution is -2.48. The van der Waals surface area contributed by atoms with Crippen LogP contribution in [0.25, 0.3) is 10.8 Å². The van der Waals surface area contributed by atoms with Crippen LogP contribution in [0.2, 0.25) is 0 Å². The predicted molar refractivity (Wildman–Crippen MR) is 244 cm³/mol. The monoisotopic (exact) mass is 850 g/mol. The van der Waals surface area contributed by atoms with Crippen molar-refractivity contribution in [3.8, 4) is 23.0 Å². The summed E-state index contributed by atoms with van der Waals surface area (Å²) in [6, 6.07) is 24.0. The maximum absolute atomic E-state index is 13.5. The molecular weight excluding hydrogens is 793 g/mol. The van der Waals surface area contributed by atoms with Crippen molar-refractivity contribution in [3.05, 3.63) is 107 Å². The van der Waals surface area contributed by atoms with Gasteiger partial charge in [-0.2, -0.15) is 0 Å². The number of pyridine rings is 1. The molecule has 0 saturated carbocycles. The Morgan fingerprint density at radius 3 is 2.20 bits per heavy atom. The number of nitrogens with one attached hydrogen (secondary N) is 3. The number of Topliss-reactive ketones (excluding diaryl/α,β-unsaturated/α-hetero) is 1. The molecule has 0 spiro atoms. The molecule has 4 aromatic carbocycles. The van der Waals surface area contributed by atoms with Gasteiger partial charge in [-0.05, 0) is 85.8 Å². The van der Waals surface area contributed by atoms with Crippen LogP contribution in [0.5, 0.6) is 23.0 Å². The number of urea groups is 1. The lowest BCUT2D eigenvalue weighted by molar-refractivity contribution is 0.0939. The molecule has 14 heteroatoms. The fraction of sp³-hybridized carbons (Fsp3) is 0.383. The van der Waals surface area contributed by atoms with Crippen LogP contribution in [0.1, 0.15) is 74.6 Å². The molecule has 1 fully saturated rings. The number of hydrogen-bond acceptors (Lipinski definition) is 10. The Balaban J connectivity index is 1.12. The van der Waals surface area contributed by atoms with Crippen LogP contribution in [0.3, 0.4) is 0 Å². The van der Waals surface area contributed by atoms with Crippen LogP contribution in [-0.4, -0.2) is 94.3 Å². The number of carbonyl (C=O) groups is 2. The minimum atomic E-state index is -3.64. The molecule has 0 atom stereocenters. The van der Waals surface area contributed by atoms with E-state index in [2.05, 4.69) is 44.0 Å². The maximum atomic E-state index is 13.5. The Morgan fingerprint density at radius 1 is 0.820 bits per heavy atom. The third kappa shape index (κ3) is 11.8. The highest BCUT2D eigenvalue weighted by Gasteiger charge is 2.23. The van der Waals surface area contributed by atoms with E-state index < -0.39 is 16.1 Å². The molecule has 0 bridgehead atoms. The second-order valence-electron chi connectivity index (χ2n) is 16.8. The third-order valence-corrected chi connectivity index (χ3v) is 11.4. The van der Waals surface area contributed by atoms with Gasteiger partial charge >= 0.3 is 6.03 Å². The summed E-state index contributed by atoms with van der Waals surface area (Å²) in [6.07, 6.45) is 4.53. The maximum Gasteiger partial charge on any atom is 0.323 e. The van der Waals surface area contributed by atoms with Crippen molar-refractivity contribution in [1.29, 1.82) is 0 Å². The standard InChI is InChI=1S/C47H58N6O7S/c1-31(2)53-24-22-52(23-25-53)21-11-14-42(54)38-16-15-32(27-44(38)58-6)26-34-30-35(19-20-48-34)60-43-18-17-39(36-12-9-10-13-37(36)43)49-46(55)50-40-28-33(47(3,4)5)29-41(45(40)59-7)51-61(8,56)57/h9-10,12-13,15-20,27-31,51H,11,14,21-26H2,1-8H3,(H2,49,50,55). The number of carbonyl (C=O) groups excluding carboxylic acids is 2. The summed E-state index contributed by atoms with van der Waals surface area (Å²) in [4.78, 5) is 36.3. The third-order valence-electron chi connectivity index (χ3n) is 10.8. The van der Waals surface area contributed by atoms with E-state index in [0.717, 1.165) is 73.0 Å². The van der Waals surface area contributed by atoms with Gasteiger partial charge in [0.2, 0.25) is 10.0 Å². The Labute approximate surface area is 359 Å². The smallest absolute Gasteiger partial charge is 0.323 e. The number of methoxy groups -OCH3 is 2. The number of sulfonamides is 1. The van der Waals surface area contributed by atoms with Gasteiger partial charge in [-0.15, -0.1) is 0 Å². The van der Waals surface area contributed by atoms with Gasteiger partial charge in [0.05, 0.1) is 43.1 Å². The Morgan fingerprint density at radius 2 is 1.52 bits per heavy atom. The van der Waals surface area contributed by atoms with E-state index in [0.29, 0.717) is 53.1 Å². The molecular formula is C47H58N6O7S. The lowest BCUT2D eigenvalue weighted by Gasteiger charge is -2.36. The normalized spacial score (nSPS) is 13.9. The number of hydrogen-bond donors (Lipinski definition) is 3. The van der Waals surface area contributed by atoms with E-state index in [4.69, 9.17) is 14.2 Å².